The second kappa shape index (κ2) is 11.2. The lowest BCUT2D eigenvalue weighted by Crippen LogP contribution is -2.38. The van der Waals surface area contributed by atoms with Gasteiger partial charge >= 0.3 is 0 Å². The summed E-state index contributed by atoms with van der Waals surface area (Å²) in [5.41, 5.74) is 1.16. The van der Waals surface area contributed by atoms with Crippen LogP contribution >= 0.6 is 0 Å². The molecule has 1 amide bonds. The molecule has 1 atom stereocenters. The van der Waals surface area contributed by atoms with Crippen molar-refractivity contribution >= 4 is 17.4 Å². The van der Waals surface area contributed by atoms with Crippen molar-refractivity contribution in [1.29, 1.82) is 0 Å². The van der Waals surface area contributed by atoms with E-state index in [1.165, 1.54) is 0 Å². The summed E-state index contributed by atoms with van der Waals surface area (Å²) in [6.07, 6.45) is 0.0149. The monoisotopic (exact) mass is 466 g/mol. The van der Waals surface area contributed by atoms with Gasteiger partial charge in [-0.3, -0.25) is 9.59 Å². The maximum Gasteiger partial charge on any atom is 0.295 e. The maximum absolute atomic E-state index is 13.2. The SMILES string of the molecule is CCN(CC)CCN1C(=O)C(=O)C(=C(O)c2ccc(OC(C)C)cc2)C1c1ccccc1OC. The van der Waals surface area contributed by atoms with E-state index in [4.69, 9.17) is 9.47 Å². The molecule has 0 spiro atoms. The van der Waals surface area contributed by atoms with Crippen molar-refractivity contribution in [3.8, 4) is 11.5 Å². The number of para-hydroxylation sites is 1. The second-order valence-electron chi connectivity index (χ2n) is 8.45. The van der Waals surface area contributed by atoms with Crippen molar-refractivity contribution in [2.45, 2.75) is 39.8 Å². The van der Waals surface area contributed by atoms with Gasteiger partial charge in [0.05, 0.1) is 24.8 Å². The topological polar surface area (TPSA) is 79.3 Å². The van der Waals surface area contributed by atoms with Crippen LogP contribution in [0.3, 0.4) is 0 Å². The molecule has 2 aromatic carbocycles. The normalized spacial score (nSPS) is 17.6. The number of hydrogen-bond donors (Lipinski definition) is 1. The number of carbonyl (C=O) groups is 2. The summed E-state index contributed by atoms with van der Waals surface area (Å²) in [6.45, 7) is 10.6. The summed E-state index contributed by atoms with van der Waals surface area (Å²) in [5.74, 6) is -0.322. The van der Waals surface area contributed by atoms with Crippen molar-refractivity contribution < 1.29 is 24.2 Å². The van der Waals surface area contributed by atoms with Crippen molar-refractivity contribution in [2.75, 3.05) is 33.3 Å². The Hall–Kier alpha value is -3.32. The Labute approximate surface area is 201 Å². The zero-order valence-electron chi connectivity index (χ0n) is 20.6. The number of rotatable bonds is 10. The number of aliphatic hydroxyl groups excluding tert-OH is 1. The third-order valence-electron chi connectivity index (χ3n) is 6.02. The van der Waals surface area contributed by atoms with Crippen LogP contribution in [0.1, 0.15) is 44.9 Å². The molecule has 0 saturated carbocycles. The fourth-order valence-electron chi connectivity index (χ4n) is 4.23. The minimum Gasteiger partial charge on any atom is -0.507 e. The van der Waals surface area contributed by atoms with Crippen LogP contribution in [0.25, 0.3) is 5.76 Å². The first kappa shape index (κ1) is 25.3. The summed E-state index contributed by atoms with van der Waals surface area (Å²) in [5, 5.41) is 11.3. The zero-order chi connectivity index (χ0) is 24.8. The Morgan fingerprint density at radius 3 is 2.29 bits per heavy atom. The van der Waals surface area contributed by atoms with Crippen molar-refractivity contribution in [2.24, 2.45) is 0 Å². The molecule has 1 unspecified atom stereocenters. The number of aliphatic hydroxyl groups is 1. The highest BCUT2D eigenvalue weighted by atomic mass is 16.5. The predicted molar refractivity (Wildman–Crippen MR) is 132 cm³/mol. The molecule has 1 aliphatic rings. The fourth-order valence-corrected chi connectivity index (χ4v) is 4.23. The van der Waals surface area contributed by atoms with E-state index in [9.17, 15) is 14.7 Å². The molecular formula is C27H34N2O5. The Kier molecular flexibility index (Phi) is 8.34. The highest BCUT2D eigenvalue weighted by Gasteiger charge is 2.46. The van der Waals surface area contributed by atoms with E-state index in [-0.39, 0.29) is 17.4 Å². The predicted octanol–water partition coefficient (Wildman–Crippen LogP) is 4.25. The molecule has 1 heterocycles. The summed E-state index contributed by atoms with van der Waals surface area (Å²) < 4.78 is 11.2. The van der Waals surface area contributed by atoms with Gasteiger partial charge < -0.3 is 24.4 Å². The highest BCUT2D eigenvalue weighted by molar-refractivity contribution is 6.46. The van der Waals surface area contributed by atoms with Gasteiger partial charge in [0.25, 0.3) is 11.7 Å². The number of likely N-dealkylation sites (N-methyl/N-ethyl adjacent to an activating group) is 1. The molecule has 7 nitrogen and oxygen atoms in total. The van der Waals surface area contributed by atoms with E-state index >= 15 is 0 Å². The van der Waals surface area contributed by atoms with Gasteiger partial charge in [-0.15, -0.1) is 0 Å². The van der Waals surface area contributed by atoms with E-state index in [1.807, 2.05) is 32.0 Å². The van der Waals surface area contributed by atoms with Crippen molar-refractivity contribution in [1.82, 2.24) is 9.80 Å². The first-order chi connectivity index (χ1) is 16.3. The largest absolute Gasteiger partial charge is 0.507 e. The molecule has 0 bridgehead atoms. The number of Topliss-reactive ketones (excluding diaryl/α,β-unsaturated/α-hetero) is 1. The Morgan fingerprint density at radius 2 is 1.71 bits per heavy atom. The number of methoxy groups -OCH3 is 1. The molecule has 0 aromatic heterocycles. The van der Waals surface area contributed by atoms with Crippen molar-refractivity contribution in [3.05, 3.63) is 65.2 Å². The summed E-state index contributed by atoms with van der Waals surface area (Å²) in [4.78, 5) is 30.1. The van der Waals surface area contributed by atoms with Crippen LogP contribution in [-0.2, 0) is 9.59 Å². The molecule has 0 aliphatic carbocycles. The van der Waals surface area contributed by atoms with Crippen LogP contribution in [-0.4, -0.2) is 66.0 Å². The molecule has 1 N–H and O–H groups in total. The minimum atomic E-state index is -0.752. The van der Waals surface area contributed by atoms with Gasteiger partial charge in [0.2, 0.25) is 0 Å². The zero-order valence-corrected chi connectivity index (χ0v) is 20.6. The quantitative estimate of drug-likeness (QED) is 0.320. The molecule has 2 aromatic rings. The van der Waals surface area contributed by atoms with Gasteiger partial charge in [-0.2, -0.15) is 0 Å². The van der Waals surface area contributed by atoms with E-state index in [0.29, 0.717) is 35.7 Å². The summed E-state index contributed by atoms with van der Waals surface area (Å²) in [7, 11) is 1.55. The van der Waals surface area contributed by atoms with Gasteiger partial charge in [0.1, 0.15) is 17.3 Å². The third-order valence-corrected chi connectivity index (χ3v) is 6.02. The number of ketones is 1. The molecular weight excluding hydrogens is 432 g/mol. The number of carbonyl (C=O) groups excluding carboxylic acids is 2. The van der Waals surface area contributed by atoms with Crippen molar-refractivity contribution in [3.63, 3.8) is 0 Å². The van der Waals surface area contributed by atoms with Crippen LogP contribution in [0.15, 0.2) is 54.1 Å². The van der Waals surface area contributed by atoms with Crippen LogP contribution in [0.4, 0.5) is 0 Å². The Balaban J connectivity index is 2.09. The first-order valence-electron chi connectivity index (χ1n) is 11.7. The van der Waals surface area contributed by atoms with Gasteiger partial charge in [-0.1, -0.05) is 32.0 Å². The fraction of sp³-hybridized carbons (Fsp3) is 0.407. The molecule has 1 fully saturated rings. The van der Waals surface area contributed by atoms with Crippen LogP contribution in [0, 0.1) is 0 Å². The van der Waals surface area contributed by atoms with E-state index in [1.54, 1.807) is 42.3 Å². The van der Waals surface area contributed by atoms with Gasteiger partial charge in [-0.25, -0.2) is 0 Å². The average molecular weight is 467 g/mol. The lowest BCUT2D eigenvalue weighted by atomic mass is 9.94. The molecule has 0 radical (unpaired) electrons. The lowest BCUT2D eigenvalue weighted by Gasteiger charge is -2.29. The standard InChI is InChI=1S/C27H34N2O5/c1-6-28(7-2)16-17-29-24(21-10-8-9-11-22(21)33-5)23(26(31)27(29)32)25(30)19-12-14-20(15-13-19)34-18(3)4/h8-15,18,24,30H,6-7,16-17H2,1-5H3. The molecule has 34 heavy (non-hydrogen) atoms. The van der Waals surface area contributed by atoms with E-state index in [0.717, 1.165) is 13.1 Å². The molecule has 182 valence electrons. The number of hydrogen-bond acceptors (Lipinski definition) is 6. The second-order valence-corrected chi connectivity index (χ2v) is 8.45. The minimum absolute atomic E-state index is 0.0149. The number of nitrogens with zero attached hydrogens (tertiary/aromatic N) is 2. The number of amides is 1. The van der Waals surface area contributed by atoms with Gasteiger partial charge in [0, 0.05) is 24.2 Å². The highest BCUT2D eigenvalue weighted by Crippen LogP contribution is 2.42. The Morgan fingerprint density at radius 1 is 1.06 bits per heavy atom. The lowest BCUT2D eigenvalue weighted by molar-refractivity contribution is -0.140. The van der Waals surface area contributed by atoms with Gasteiger partial charge in [-0.05, 0) is 57.3 Å². The third kappa shape index (κ3) is 5.25. The molecule has 1 saturated heterocycles. The maximum atomic E-state index is 13.2. The molecule has 1 aliphatic heterocycles. The van der Waals surface area contributed by atoms with E-state index < -0.39 is 17.7 Å². The number of likely N-dealkylation sites (tertiary alicyclic amines) is 1. The first-order valence-corrected chi connectivity index (χ1v) is 11.7. The van der Waals surface area contributed by atoms with Crippen LogP contribution in [0.2, 0.25) is 0 Å². The average Bonchev–Trinajstić information content (AvgIpc) is 3.09. The van der Waals surface area contributed by atoms with E-state index in [2.05, 4.69) is 18.7 Å². The van der Waals surface area contributed by atoms with Crippen LogP contribution in [0.5, 0.6) is 11.5 Å². The molecule has 3 rings (SSSR count). The van der Waals surface area contributed by atoms with Crippen LogP contribution < -0.4 is 9.47 Å². The Bertz CT molecular complexity index is 1040. The number of ether oxygens (including phenoxy) is 2. The van der Waals surface area contributed by atoms with Gasteiger partial charge in [0.15, 0.2) is 0 Å². The summed E-state index contributed by atoms with van der Waals surface area (Å²) >= 11 is 0. The molecule has 7 heteroatoms. The summed E-state index contributed by atoms with van der Waals surface area (Å²) in [6, 6.07) is 13.4. The number of benzene rings is 2. The smallest absolute Gasteiger partial charge is 0.295 e.